The molecule has 0 aliphatic carbocycles. The Morgan fingerprint density at radius 3 is 1.96 bits per heavy atom. The molecule has 3 N–H and O–H groups in total. The number of nitrogens with one attached hydrogen (secondary N) is 3. The number of carbonyl (C=O) groups excluding carboxylic acids is 1. The first-order chi connectivity index (χ1) is 12.6. The molecule has 27 heavy (non-hydrogen) atoms. The molecular weight excluding hydrogens is 458 g/mol. The quantitative estimate of drug-likeness (QED) is 0.316. The number of benzene rings is 2. The van der Waals surface area contributed by atoms with Crippen molar-refractivity contribution in [2.75, 3.05) is 12.4 Å². The summed E-state index contributed by atoms with van der Waals surface area (Å²) in [6.45, 7) is 3.14. The van der Waals surface area contributed by atoms with E-state index in [1.165, 1.54) is 12.1 Å². The third-order valence-electron chi connectivity index (χ3n) is 3.77. The Morgan fingerprint density at radius 2 is 1.48 bits per heavy atom. The minimum absolute atomic E-state index is 0. The molecule has 0 aromatic heterocycles. The van der Waals surface area contributed by atoms with Crippen LogP contribution >= 0.6 is 24.0 Å². The smallest absolute Gasteiger partial charge is 0.224 e. The molecular formula is C20H26FIN4O. The van der Waals surface area contributed by atoms with Crippen LogP contribution in [0.25, 0.3) is 0 Å². The molecule has 146 valence electrons. The van der Waals surface area contributed by atoms with Gasteiger partial charge in [-0.05, 0) is 41.8 Å². The van der Waals surface area contributed by atoms with E-state index in [9.17, 15) is 9.18 Å². The van der Waals surface area contributed by atoms with E-state index < -0.39 is 0 Å². The van der Waals surface area contributed by atoms with Crippen LogP contribution < -0.4 is 16.0 Å². The average Bonchev–Trinajstić information content (AvgIpc) is 2.65. The van der Waals surface area contributed by atoms with Crippen LogP contribution in [0.4, 0.5) is 10.1 Å². The summed E-state index contributed by atoms with van der Waals surface area (Å²) in [5.74, 6) is 0.448. The second-order valence-corrected chi connectivity index (χ2v) is 5.90. The molecule has 0 radical (unpaired) electrons. The monoisotopic (exact) mass is 484 g/mol. The number of aliphatic imine (C=N–C) groups is 1. The van der Waals surface area contributed by atoms with Crippen LogP contribution in [-0.2, 0) is 17.9 Å². The van der Waals surface area contributed by atoms with Gasteiger partial charge in [-0.25, -0.2) is 4.39 Å². The molecule has 0 aliphatic heterocycles. The Morgan fingerprint density at radius 1 is 0.963 bits per heavy atom. The highest BCUT2D eigenvalue weighted by Gasteiger charge is 2.02. The van der Waals surface area contributed by atoms with Crippen molar-refractivity contribution < 1.29 is 9.18 Å². The first-order valence-corrected chi connectivity index (χ1v) is 8.68. The zero-order chi connectivity index (χ0) is 18.8. The molecule has 2 rings (SSSR count). The van der Waals surface area contributed by atoms with Crippen molar-refractivity contribution in [3.63, 3.8) is 0 Å². The van der Waals surface area contributed by atoms with Crippen LogP contribution in [0.3, 0.4) is 0 Å². The minimum Gasteiger partial charge on any atom is -0.352 e. The number of carbonyl (C=O) groups is 1. The number of halogens is 2. The second-order valence-electron chi connectivity index (χ2n) is 5.90. The van der Waals surface area contributed by atoms with E-state index in [1.807, 2.05) is 31.2 Å². The SMILES string of the molecule is CCCC(=O)Nc1ccc(CNC(=NC)NCc2ccc(F)cc2)cc1.I. The van der Waals surface area contributed by atoms with Crippen molar-refractivity contribution in [2.45, 2.75) is 32.9 Å². The lowest BCUT2D eigenvalue weighted by molar-refractivity contribution is -0.116. The third-order valence-corrected chi connectivity index (χ3v) is 3.77. The molecule has 1 amide bonds. The molecule has 2 aromatic rings. The molecule has 0 saturated heterocycles. The third kappa shape index (κ3) is 8.38. The highest BCUT2D eigenvalue weighted by Crippen LogP contribution is 2.10. The fraction of sp³-hybridized carbons (Fsp3) is 0.300. The number of hydrogen-bond donors (Lipinski definition) is 3. The zero-order valence-corrected chi connectivity index (χ0v) is 17.9. The van der Waals surface area contributed by atoms with Crippen LogP contribution in [-0.4, -0.2) is 18.9 Å². The Balaban J connectivity index is 0.00000364. The molecule has 0 heterocycles. The summed E-state index contributed by atoms with van der Waals surface area (Å²) in [6.07, 6.45) is 1.36. The van der Waals surface area contributed by atoms with Gasteiger partial charge in [-0.15, -0.1) is 24.0 Å². The van der Waals surface area contributed by atoms with Gasteiger partial charge >= 0.3 is 0 Å². The number of guanidine groups is 1. The van der Waals surface area contributed by atoms with Crippen LogP contribution in [0.15, 0.2) is 53.5 Å². The molecule has 0 fully saturated rings. The molecule has 0 aliphatic rings. The summed E-state index contributed by atoms with van der Waals surface area (Å²) in [7, 11) is 1.70. The summed E-state index contributed by atoms with van der Waals surface area (Å²) in [5, 5.41) is 9.28. The van der Waals surface area contributed by atoms with E-state index in [0.29, 0.717) is 25.5 Å². The van der Waals surface area contributed by atoms with Gasteiger partial charge in [0.1, 0.15) is 5.82 Å². The van der Waals surface area contributed by atoms with Crippen molar-refractivity contribution in [2.24, 2.45) is 4.99 Å². The van der Waals surface area contributed by atoms with Gasteiger partial charge in [-0.1, -0.05) is 31.2 Å². The number of anilines is 1. The average molecular weight is 484 g/mol. The van der Waals surface area contributed by atoms with Crippen molar-refractivity contribution >= 4 is 41.5 Å². The van der Waals surface area contributed by atoms with Crippen molar-refractivity contribution in [1.29, 1.82) is 0 Å². The predicted octanol–water partition coefficient (Wildman–Crippen LogP) is 4.05. The molecule has 5 nitrogen and oxygen atoms in total. The Bertz CT molecular complexity index is 733. The lowest BCUT2D eigenvalue weighted by atomic mass is 10.2. The van der Waals surface area contributed by atoms with Crippen LogP contribution in [0, 0.1) is 5.82 Å². The standard InChI is InChI=1S/C20H25FN4O.HI/c1-3-4-19(26)25-18-11-7-16(8-12-18)14-24-20(22-2)23-13-15-5-9-17(21)10-6-15;/h5-12H,3-4,13-14H2,1-2H3,(H,25,26)(H2,22,23,24);1H. The maximum Gasteiger partial charge on any atom is 0.224 e. The van der Waals surface area contributed by atoms with Crippen LogP contribution in [0.2, 0.25) is 0 Å². The van der Waals surface area contributed by atoms with Crippen molar-refractivity contribution in [1.82, 2.24) is 10.6 Å². The second kappa shape index (κ2) is 12.3. The number of nitrogens with zero attached hydrogens (tertiary/aromatic N) is 1. The minimum atomic E-state index is -0.245. The van der Waals surface area contributed by atoms with Gasteiger partial charge in [0.25, 0.3) is 0 Å². The highest BCUT2D eigenvalue weighted by molar-refractivity contribution is 14.0. The lowest BCUT2D eigenvalue weighted by Gasteiger charge is -2.12. The van der Waals surface area contributed by atoms with Gasteiger partial charge in [-0.2, -0.15) is 0 Å². The number of hydrogen-bond acceptors (Lipinski definition) is 2. The van der Waals surface area contributed by atoms with E-state index in [4.69, 9.17) is 0 Å². The maximum absolute atomic E-state index is 12.9. The zero-order valence-electron chi connectivity index (χ0n) is 15.6. The molecule has 2 aromatic carbocycles. The summed E-state index contributed by atoms with van der Waals surface area (Å²) in [6, 6.07) is 14.0. The summed E-state index contributed by atoms with van der Waals surface area (Å²) in [5.41, 5.74) is 2.84. The van der Waals surface area contributed by atoms with Crippen LogP contribution in [0.5, 0.6) is 0 Å². The molecule has 0 saturated carbocycles. The van der Waals surface area contributed by atoms with Crippen molar-refractivity contribution in [3.8, 4) is 0 Å². The summed E-state index contributed by atoms with van der Waals surface area (Å²) in [4.78, 5) is 15.8. The van der Waals surface area contributed by atoms with E-state index in [-0.39, 0.29) is 35.7 Å². The van der Waals surface area contributed by atoms with E-state index in [1.54, 1.807) is 19.2 Å². The fourth-order valence-electron chi connectivity index (χ4n) is 2.35. The number of amides is 1. The lowest BCUT2D eigenvalue weighted by Crippen LogP contribution is -2.36. The predicted molar refractivity (Wildman–Crippen MR) is 119 cm³/mol. The Hall–Kier alpha value is -2.16. The normalized spacial score (nSPS) is 10.7. The van der Waals surface area contributed by atoms with E-state index in [0.717, 1.165) is 23.2 Å². The van der Waals surface area contributed by atoms with E-state index >= 15 is 0 Å². The summed E-state index contributed by atoms with van der Waals surface area (Å²) >= 11 is 0. The van der Waals surface area contributed by atoms with Crippen molar-refractivity contribution in [3.05, 3.63) is 65.5 Å². The molecule has 0 spiro atoms. The number of rotatable bonds is 7. The Kier molecular flexibility index (Phi) is 10.4. The maximum atomic E-state index is 12.9. The van der Waals surface area contributed by atoms with Crippen LogP contribution in [0.1, 0.15) is 30.9 Å². The van der Waals surface area contributed by atoms with Gasteiger partial charge in [0.2, 0.25) is 5.91 Å². The fourth-order valence-corrected chi connectivity index (χ4v) is 2.35. The molecule has 0 atom stereocenters. The van der Waals surface area contributed by atoms with Gasteiger partial charge in [0.05, 0.1) is 0 Å². The topological polar surface area (TPSA) is 65.5 Å². The van der Waals surface area contributed by atoms with Gasteiger partial charge in [0.15, 0.2) is 5.96 Å². The molecule has 0 bridgehead atoms. The highest BCUT2D eigenvalue weighted by atomic mass is 127. The van der Waals surface area contributed by atoms with E-state index in [2.05, 4.69) is 20.9 Å². The first kappa shape index (κ1) is 22.9. The first-order valence-electron chi connectivity index (χ1n) is 8.68. The Labute approximate surface area is 176 Å². The van der Waals surface area contributed by atoms with Gasteiger partial charge in [0, 0.05) is 32.2 Å². The molecule has 0 unspecified atom stereocenters. The largest absolute Gasteiger partial charge is 0.352 e. The van der Waals surface area contributed by atoms with Gasteiger partial charge in [-0.3, -0.25) is 9.79 Å². The summed E-state index contributed by atoms with van der Waals surface area (Å²) < 4.78 is 12.9. The van der Waals surface area contributed by atoms with Gasteiger partial charge < -0.3 is 16.0 Å². The molecule has 7 heteroatoms.